The first-order valence-corrected chi connectivity index (χ1v) is 5.04. The number of methoxy groups -OCH3 is 1. The van der Waals surface area contributed by atoms with Gasteiger partial charge in [0.05, 0.1) is 13.5 Å². The Labute approximate surface area is 98.9 Å². The van der Waals surface area contributed by atoms with Gasteiger partial charge in [-0.05, 0) is 22.0 Å². The van der Waals surface area contributed by atoms with Crippen molar-refractivity contribution in [2.75, 3.05) is 12.8 Å². The van der Waals surface area contributed by atoms with Gasteiger partial charge in [0.15, 0.2) is 0 Å². The molecule has 0 aliphatic rings. The number of nitrogens with two attached hydrogens (primary N) is 1. The Morgan fingerprint density at radius 2 is 2.31 bits per heavy atom. The second kappa shape index (κ2) is 5.20. The molecule has 0 saturated carbocycles. The quantitative estimate of drug-likeness (QED) is 0.685. The van der Waals surface area contributed by atoms with Crippen molar-refractivity contribution in [1.82, 2.24) is 4.98 Å². The van der Waals surface area contributed by atoms with Crippen molar-refractivity contribution in [2.24, 2.45) is 0 Å². The first-order valence-electron chi connectivity index (χ1n) is 4.25. The van der Waals surface area contributed by atoms with Crippen LogP contribution in [0.15, 0.2) is 10.7 Å². The van der Waals surface area contributed by atoms with Crippen LogP contribution in [0, 0.1) is 0 Å². The van der Waals surface area contributed by atoms with Gasteiger partial charge in [-0.25, -0.2) is 13.8 Å². The maximum Gasteiger partial charge on any atom is 0.310 e. The molecule has 4 nitrogen and oxygen atoms in total. The highest BCUT2D eigenvalue weighted by Gasteiger charge is 2.20. The minimum Gasteiger partial charge on any atom is -0.469 e. The first-order chi connectivity index (χ1) is 7.45. The van der Waals surface area contributed by atoms with Crippen molar-refractivity contribution >= 4 is 27.7 Å². The number of carbonyl (C=O) groups excluding carboxylic acids is 1. The standard InChI is InChI=1S/C9H9BrF2N2O2/c1-16-7(15)3-4-5(9(11)12)2-6(13)14-8(4)10/h2,9H,3H2,1H3,(H2,13,14). The van der Waals surface area contributed by atoms with Crippen LogP contribution in [0.5, 0.6) is 0 Å². The van der Waals surface area contributed by atoms with Crippen LogP contribution in [0.25, 0.3) is 0 Å². The summed E-state index contributed by atoms with van der Waals surface area (Å²) in [4.78, 5) is 14.8. The summed E-state index contributed by atoms with van der Waals surface area (Å²) in [6, 6.07) is 1.05. The van der Waals surface area contributed by atoms with E-state index in [4.69, 9.17) is 5.73 Å². The zero-order valence-corrected chi connectivity index (χ0v) is 9.92. The highest BCUT2D eigenvalue weighted by molar-refractivity contribution is 9.10. The van der Waals surface area contributed by atoms with Gasteiger partial charge >= 0.3 is 5.97 Å². The van der Waals surface area contributed by atoms with E-state index < -0.39 is 12.4 Å². The molecule has 0 saturated heterocycles. The molecule has 0 radical (unpaired) electrons. The number of hydrogen-bond donors (Lipinski definition) is 1. The number of anilines is 1. The molecule has 88 valence electrons. The lowest BCUT2D eigenvalue weighted by Gasteiger charge is -2.10. The van der Waals surface area contributed by atoms with Gasteiger partial charge in [0, 0.05) is 11.1 Å². The topological polar surface area (TPSA) is 65.2 Å². The Morgan fingerprint density at radius 3 is 2.81 bits per heavy atom. The van der Waals surface area contributed by atoms with Gasteiger partial charge in [-0.3, -0.25) is 4.79 Å². The van der Waals surface area contributed by atoms with Crippen LogP contribution in [0.3, 0.4) is 0 Å². The molecule has 16 heavy (non-hydrogen) atoms. The van der Waals surface area contributed by atoms with E-state index in [0.717, 1.165) is 6.07 Å². The minimum absolute atomic E-state index is 0.0317. The van der Waals surface area contributed by atoms with Gasteiger partial charge < -0.3 is 10.5 Å². The summed E-state index contributed by atoms with van der Waals surface area (Å²) in [5, 5.41) is 0. The van der Waals surface area contributed by atoms with Crippen LogP contribution in [-0.4, -0.2) is 18.1 Å². The number of nitrogen functional groups attached to an aromatic ring is 1. The van der Waals surface area contributed by atoms with Gasteiger partial charge in [-0.1, -0.05) is 0 Å². The third-order valence-electron chi connectivity index (χ3n) is 1.91. The third-order valence-corrected chi connectivity index (χ3v) is 2.57. The largest absolute Gasteiger partial charge is 0.469 e. The fourth-order valence-corrected chi connectivity index (χ4v) is 1.74. The molecule has 0 atom stereocenters. The van der Waals surface area contributed by atoms with E-state index in [1.807, 2.05) is 0 Å². The molecule has 0 fully saturated rings. The monoisotopic (exact) mass is 294 g/mol. The SMILES string of the molecule is COC(=O)Cc1c(C(F)F)cc(N)nc1Br. The Morgan fingerprint density at radius 1 is 1.69 bits per heavy atom. The van der Waals surface area contributed by atoms with Gasteiger partial charge in [-0.15, -0.1) is 0 Å². The summed E-state index contributed by atoms with van der Waals surface area (Å²) in [5.41, 5.74) is 5.12. The molecule has 0 bridgehead atoms. The zero-order chi connectivity index (χ0) is 12.3. The molecular formula is C9H9BrF2N2O2. The van der Waals surface area contributed by atoms with E-state index >= 15 is 0 Å². The Kier molecular flexibility index (Phi) is 4.17. The van der Waals surface area contributed by atoms with E-state index in [9.17, 15) is 13.6 Å². The molecule has 1 aromatic heterocycles. The second-order valence-corrected chi connectivity index (χ2v) is 3.71. The molecule has 1 rings (SSSR count). The molecule has 0 aliphatic carbocycles. The predicted molar refractivity (Wildman–Crippen MR) is 57.0 cm³/mol. The molecule has 0 amide bonds. The number of carbonyl (C=O) groups is 1. The lowest BCUT2D eigenvalue weighted by molar-refractivity contribution is -0.139. The number of ether oxygens (including phenoxy) is 1. The van der Waals surface area contributed by atoms with Crippen molar-refractivity contribution in [3.05, 3.63) is 21.8 Å². The summed E-state index contributed by atoms with van der Waals surface area (Å²) < 4.78 is 29.9. The Bertz CT molecular complexity index is 413. The van der Waals surface area contributed by atoms with Gasteiger partial charge in [0.1, 0.15) is 10.4 Å². The maximum atomic E-state index is 12.7. The van der Waals surface area contributed by atoms with E-state index in [0.29, 0.717) is 0 Å². The third kappa shape index (κ3) is 2.88. The van der Waals surface area contributed by atoms with E-state index in [1.54, 1.807) is 0 Å². The Balaban J connectivity index is 3.19. The average Bonchev–Trinajstić information content (AvgIpc) is 2.20. The number of nitrogens with zero attached hydrogens (tertiary/aromatic N) is 1. The van der Waals surface area contributed by atoms with Crippen LogP contribution in [0.2, 0.25) is 0 Å². The number of esters is 1. The lowest BCUT2D eigenvalue weighted by Crippen LogP contribution is -2.10. The lowest BCUT2D eigenvalue weighted by atomic mass is 10.1. The van der Waals surface area contributed by atoms with Crippen LogP contribution in [-0.2, 0) is 16.0 Å². The van der Waals surface area contributed by atoms with Crippen molar-refractivity contribution in [3.8, 4) is 0 Å². The smallest absolute Gasteiger partial charge is 0.310 e. The Hall–Kier alpha value is -1.24. The van der Waals surface area contributed by atoms with Crippen molar-refractivity contribution in [1.29, 1.82) is 0 Å². The van der Waals surface area contributed by atoms with Gasteiger partial charge in [0.2, 0.25) is 0 Å². The van der Waals surface area contributed by atoms with Crippen LogP contribution >= 0.6 is 15.9 Å². The zero-order valence-electron chi connectivity index (χ0n) is 8.34. The van der Waals surface area contributed by atoms with Gasteiger partial charge in [0.25, 0.3) is 6.43 Å². The predicted octanol–water partition coefficient (Wildman–Crippen LogP) is 2.08. The highest BCUT2D eigenvalue weighted by Crippen LogP contribution is 2.29. The first kappa shape index (κ1) is 12.8. The van der Waals surface area contributed by atoms with Gasteiger partial charge in [-0.2, -0.15) is 0 Å². The fraction of sp³-hybridized carbons (Fsp3) is 0.333. The molecule has 0 aromatic carbocycles. The molecule has 0 unspecified atom stereocenters. The number of pyridine rings is 1. The minimum atomic E-state index is -2.72. The second-order valence-electron chi connectivity index (χ2n) is 2.96. The molecule has 1 aromatic rings. The summed E-state index contributed by atoms with van der Waals surface area (Å²) in [6.07, 6.45) is -2.99. The molecular weight excluding hydrogens is 286 g/mol. The summed E-state index contributed by atoms with van der Waals surface area (Å²) in [5.74, 6) is -0.648. The van der Waals surface area contributed by atoms with Crippen LogP contribution < -0.4 is 5.73 Å². The van der Waals surface area contributed by atoms with E-state index in [-0.39, 0.29) is 28.0 Å². The molecule has 0 aliphatic heterocycles. The van der Waals surface area contributed by atoms with Crippen molar-refractivity contribution in [2.45, 2.75) is 12.8 Å². The van der Waals surface area contributed by atoms with E-state index in [2.05, 4.69) is 25.7 Å². The molecule has 7 heteroatoms. The molecule has 1 heterocycles. The normalized spacial score (nSPS) is 10.6. The number of alkyl halides is 2. The number of aromatic nitrogens is 1. The number of rotatable bonds is 3. The summed E-state index contributed by atoms with van der Waals surface area (Å²) in [7, 11) is 1.18. The molecule has 2 N–H and O–H groups in total. The summed E-state index contributed by atoms with van der Waals surface area (Å²) >= 11 is 2.99. The van der Waals surface area contributed by atoms with E-state index in [1.165, 1.54) is 7.11 Å². The summed E-state index contributed by atoms with van der Waals surface area (Å²) in [6.45, 7) is 0. The van der Waals surface area contributed by atoms with Crippen molar-refractivity contribution < 1.29 is 18.3 Å². The van der Waals surface area contributed by atoms with Crippen LogP contribution in [0.4, 0.5) is 14.6 Å². The number of halogens is 3. The van der Waals surface area contributed by atoms with Crippen LogP contribution in [0.1, 0.15) is 17.6 Å². The maximum absolute atomic E-state index is 12.7. The fourth-order valence-electron chi connectivity index (χ4n) is 1.16. The number of hydrogen-bond acceptors (Lipinski definition) is 4. The molecule has 0 spiro atoms. The van der Waals surface area contributed by atoms with Crippen molar-refractivity contribution in [3.63, 3.8) is 0 Å². The highest BCUT2D eigenvalue weighted by atomic mass is 79.9. The average molecular weight is 295 g/mol.